The number of hydrogen-bond acceptors (Lipinski definition) is 3. The highest BCUT2D eigenvalue weighted by molar-refractivity contribution is 5.95. The molecule has 0 radical (unpaired) electrons. The third kappa shape index (κ3) is 2.95. The molecule has 1 aromatic carbocycles. The lowest BCUT2D eigenvalue weighted by Gasteiger charge is -2.56. The summed E-state index contributed by atoms with van der Waals surface area (Å²) in [6.07, 6.45) is 7.83. The fourth-order valence-electron chi connectivity index (χ4n) is 6.22. The zero-order valence-electron chi connectivity index (χ0n) is 14.9. The number of carbonyl (C=O) groups is 1. The van der Waals surface area contributed by atoms with Crippen molar-refractivity contribution < 1.29 is 9.53 Å². The highest BCUT2D eigenvalue weighted by atomic mass is 16.5. The van der Waals surface area contributed by atoms with Crippen LogP contribution in [-0.4, -0.2) is 37.7 Å². The van der Waals surface area contributed by atoms with Crippen LogP contribution in [0.3, 0.4) is 0 Å². The molecule has 5 fully saturated rings. The maximum Gasteiger partial charge on any atom is 0.251 e. The van der Waals surface area contributed by atoms with Gasteiger partial charge >= 0.3 is 0 Å². The fraction of sp³-hybridized carbons (Fsp3) is 0.667. The molecule has 1 heterocycles. The summed E-state index contributed by atoms with van der Waals surface area (Å²) in [6.45, 7) is 3.43. The van der Waals surface area contributed by atoms with Crippen molar-refractivity contribution in [2.45, 2.75) is 44.1 Å². The molecule has 1 N–H and O–H groups in total. The van der Waals surface area contributed by atoms with E-state index in [1.807, 2.05) is 12.1 Å². The van der Waals surface area contributed by atoms with Crippen molar-refractivity contribution >= 4 is 11.6 Å². The third-order valence-electron chi connectivity index (χ3n) is 6.92. The summed E-state index contributed by atoms with van der Waals surface area (Å²) >= 11 is 0. The first-order chi connectivity index (χ1) is 12.2. The summed E-state index contributed by atoms with van der Waals surface area (Å²) in [4.78, 5) is 15.2. The third-order valence-corrected chi connectivity index (χ3v) is 6.92. The van der Waals surface area contributed by atoms with Crippen molar-refractivity contribution in [1.82, 2.24) is 5.32 Å². The van der Waals surface area contributed by atoms with E-state index in [9.17, 15) is 4.79 Å². The van der Waals surface area contributed by atoms with Crippen molar-refractivity contribution in [3.63, 3.8) is 0 Å². The number of hydrogen-bond donors (Lipinski definition) is 1. The number of anilines is 1. The standard InChI is InChI=1S/C21H28N2O2/c24-20(18-1-3-19(4-2-18)23-5-7-25-8-6-23)22-21-12-15-9-16(13-21)11-17(10-15)14-21/h1-4,15-17H,5-14H2,(H,22,24). The smallest absolute Gasteiger partial charge is 0.251 e. The van der Waals surface area contributed by atoms with Gasteiger partial charge in [0.2, 0.25) is 0 Å². The zero-order valence-corrected chi connectivity index (χ0v) is 14.9. The molecule has 4 bridgehead atoms. The molecule has 0 atom stereocenters. The fourth-order valence-corrected chi connectivity index (χ4v) is 6.22. The molecule has 4 saturated carbocycles. The molecule has 1 aromatic rings. The van der Waals surface area contributed by atoms with Gasteiger partial charge < -0.3 is 15.0 Å². The number of morpholine rings is 1. The SMILES string of the molecule is O=C(NC12CC3CC(CC(C3)C1)C2)c1ccc(N2CCOCC2)cc1. The van der Waals surface area contributed by atoms with Crippen molar-refractivity contribution in [3.8, 4) is 0 Å². The number of benzene rings is 1. The molecule has 0 aromatic heterocycles. The summed E-state index contributed by atoms with van der Waals surface area (Å²) < 4.78 is 5.41. The Morgan fingerprint density at radius 2 is 1.52 bits per heavy atom. The number of amides is 1. The summed E-state index contributed by atoms with van der Waals surface area (Å²) in [7, 11) is 0. The lowest BCUT2D eigenvalue weighted by Crippen LogP contribution is -2.59. The van der Waals surface area contributed by atoms with Gasteiger partial charge in [0.25, 0.3) is 5.91 Å². The van der Waals surface area contributed by atoms with Crippen LogP contribution in [0.2, 0.25) is 0 Å². The molecule has 0 spiro atoms. The van der Waals surface area contributed by atoms with Crippen LogP contribution in [0.25, 0.3) is 0 Å². The predicted molar refractivity (Wildman–Crippen MR) is 97.8 cm³/mol. The molecule has 6 rings (SSSR count). The molecule has 134 valence electrons. The van der Waals surface area contributed by atoms with Gasteiger partial charge in [0.15, 0.2) is 0 Å². The van der Waals surface area contributed by atoms with E-state index in [1.54, 1.807) is 0 Å². The summed E-state index contributed by atoms with van der Waals surface area (Å²) in [6, 6.07) is 8.14. The quantitative estimate of drug-likeness (QED) is 0.918. The second-order valence-electron chi connectivity index (χ2n) is 8.80. The average Bonchev–Trinajstić information content (AvgIpc) is 2.61. The molecular formula is C21H28N2O2. The van der Waals surface area contributed by atoms with Crippen LogP contribution < -0.4 is 10.2 Å². The summed E-state index contributed by atoms with van der Waals surface area (Å²) in [5, 5.41) is 3.47. The second-order valence-corrected chi connectivity index (χ2v) is 8.80. The lowest BCUT2D eigenvalue weighted by molar-refractivity contribution is -0.0167. The Labute approximate surface area is 149 Å². The number of nitrogens with zero attached hydrogens (tertiary/aromatic N) is 1. The van der Waals surface area contributed by atoms with Gasteiger partial charge in [-0.15, -0.1) is 0 Å². The predicted octanol–water partition coefficient (Wildman–Crippen LogP) is 3.22. The average molecular weight is 340 g/mol. The van der Waals surface area contributed by atoms with Gasteiger partial charge in [0, 0.05) is 29.9 Å². The minimum absolute atomic E-state index is 0.0920. The van der Waals surface area contributed by atoms with Gasteiger partial charge in [0.1, 0.15) is 0 Å². The number of carbonyl (C=O) groups excluding carboxylic acids is 1. The van der Waals surface area contributed by atoms with E-state index in [4.69, 9.17) is 4.74 Å². The first-order valence-electron chi connectivity index (χ1n) is 9.94. The van der Waals surface area contributed by atoms with Crippen LogP contribution in [0.15, 0.2) is 24.3 Å². The van der Waals surface area contributed by atoms with E-state index in [0.29, 0.717) is 0 Å². The minimum Gasteiger partial charge on any atom is -0.378 e. The molecule has 4 nitrogen and oxygen atoms in total. The Morgan fingerprint density at radius 3 is 2.08 bits per heavy atom. The molecular weight excluding hydrogens is 312 g/mol. The number of ether oxygens (including phenoxy) is 1. The van der Waals surface area contributed by atoms with Crippen LogP contribution in [0.4, 0.5) is 5.69 Å². The van der Waals surface area contributed by atoms with Gasteiger partial charge in [-0.1, -0.05) is 0 Å². The monoisotopic (exact) mass is 340 g/mol. The Morgan fingerprint density at radius 1 is 0.960 bits per heavy atom. The van der Waals surface area contributed by atoms with Crippen molar-refractivity contribution in [2.75, 3.05) is 31.2 Å². The van der Waals surface area contributed by atoms with Gasteiger partial charge in [-0.05, 0) is 80.5 Å². The highest BCUT2D eigenvalue weighted by Crippen LogP contribution is 2.55. The normalized spacial score (nSPS) is 36.5. The van der Waals surface area contributed by atoms with Crippen LogP contribution >= 0.6 is 0 Å². The molecule has 4 aliphatic carbocycles. The second kappa shape index (κ2) is 6.01. The Kier molecular flexibility index (Phi) is 3.77. The number of nitrogens with one attached hydrogen (secondary N) is 1. The minimum atomic E-state index is 0.0920. The topological polar surface area (TPSA) is 41.6 Å². The van der Waals surface area contributed by atoms with Gasteiger partial charge in [-0.2, -0.15) is 0 Å². The summed E-state index contributed by atoms with van der Waals surface area (Å²) in [5.41, 5.74) is 2.08. The Bertz CT molecular complexity index is 613. The van der Waals surface area contributed by atoms with Crippen molar-refractivity contribution in [3.05, 3.63) is 29.8 Å². The molecule has 1 amide bonds. The van der Waals surface area contributed by atoms with Crippen LogP contribution in [0.1, 0.15) is 48.9 Å². The Hall–Kier alpha value is -1.55. The van der Waals surface area contributed by atoms with Gasteiger partial charge in [0.05, 0.1) is 13.2 Å². The maximum atomic E-state index is 12.9. The van der Waals surface area contributed by atoms with Crippen LogP contribution in [-0.2, 0) is 4.74 Å². The largest absolute Gasteiger partial charge is 0.378 e. The van der Waals surface area contributed by atoms with Crippen molar-refractivity contribution in [2.24, 2.45) is 17.8 Å². The highest BCUT2D eigenvalue weighted by Gasteiger charge is 2.51. The van der Waals surface area contributed by atoms with E-state index in [1.165, 1.54) is 44.2 Å². The molecule has 0 unspecified atom stereocenters. The van der Waals surface area contributed by atoms with Crippen LogP contribution in [0, 0.1) is 17.8 Å². The van der Waals surface area contributed by atoms with E-state index in [-0.39, 0.29) is 11.4 Å². The van der Waals surface area contributed by atoms with Crippen molar-refractivity contribution in [1.29, 1.82) is 0 Å². The first-order valence-corrected chi connectivity index (χ1v) is 9.94. The molecule has 5 aliphatic rings. The van der Waals surface area contributed by atoms with Gasteiger partial charge in [-0.25, -0.2) is 0 Å². The van der Waals surface area contributed by atoms with E-state index < -0.39 is 0 Å². The zero-order chi connectivity index (χ0) is 16.9. The summed E-state index contributed by atoms with van der Waals surface area (Å²) in [5.74, 6) is 2.69. The Balaban J connectivity index is 1.28. The first kappa shape index (κ1) is 15.7. The number of rotatable bonds is 3. The molecule has 4 heteroatoms. The van der Waals surface area contributed by atoms with E-state index in [2.05, 4.69) is 22.3 Å². The molecule has 1 aliphatic heterocycles. The van der Waals surface area contributed by atoms with Gasteiger partial charge in [-0.3, -0.25) is 4.79 Å². The lowest BCUT2D eigenvalue weighted by atomic mass is 9.53. The van der Waals surface area contributed by atoms with Crippen LogP contribution in [0.5, 0.6) is 0 Å². The molecule has 25 heavy (non-hydrogen) atoms. The van der Waals surface area contributed by atoms with E-state index in [0.717, 1.165) is 49.6 Å². The maximum absolute atomic E-state index is 12.9. The van der Waals surface area contributed by atoms with E-state index >= 15 is 0 Å². The molecule has 1 saturated heterocycles.